The van der Waals surface area contributed by atoms with Crippen LogP contribution in [0, 0.1) is 0 Å². The third-order valence-electron chi connectivity index (χ3n) is 1.92. The fourth-order valence-electron chi connectivity index (χ4n) is 1.04. The van der Waals surface area contributed by atoms with E-state index in [1.54, 1.807) is 0 Å². The molecule has 0 saturated heterocycles. The lowest BCUT2D eigenvalue weighted by Gasteiger charge is -2.10. The van der Waals surface area contributed by atoms with Gasteiger partial charge in [-0.2, -0.15) is 13.2 Å². The molecule has 2 N–H and O–H groups in total. The second kappa shape index (κ2) is 4.73. The van der Waals surface area contributed by atoms with E-state index >= 15 is 0 Å². The highest BCUT2D eigenvalue weighted by molar-refractivity contribution is 5.17. The van der Waals surface area contributed by atoms with Crippen LogP contribution in [0.4, 0.5) is 22.0 Å². The highest BCUT2D eigenvalue weighted by Crippen LogP contribution is 2.28. The fourth-order valence-corrected chi connectivity index (χ4v) is 1.04. The quantitative estimate of drug-likeness (QED) is 0.823. The average Bonchev–Trinajstić information content (AvgIpc) is 2.17. The second-order valence-corrected chi connectivity index (χ2v) is 3.24. The van der Waals surface area contributed by atoms with Crippen LogP contribution in [-0.4, -0.2) is 17.5 Å². The maximum Gasteiger partial charge on any atom is 0.417 e. The van der Waals surface area contributed by atoms with Crippen molar-refractivity contribution in [2.24, 2.45) is 5.73 Å². The summed E-state index contributed by atoms with van der Waals surface area (Å²) < 4.78 is 60.5. The summed E-state index contributed by atoms with van der Waals surface area (Å²) in [5, 5.41) is 0. The summed E-state index contributed by atoms with van der Waals surface area (Å²) in [6, 6.07) is 0.426. The first kappa shape index (κ1) is 12.8. The van der Waals surface area contributed by atoms with Crippen molar-refractivity contribution in [3.63, 3.8) is 0 Å². The zero-order valence-electron chi connectivity index (χ0n) is 8.01. The lowest BCUT2D eigenvalue weighted by molar-refractivity contribution is -0.137. The number of nitrogens with zero attached hydrogens (tertiary/aromatic N) is 1. The summed E-state index contributed by atoms with van der Waals surface area (Å²) in [4.78, 5) is 3.43. The standard InChI is InChI=1S/C9H9F5N2/c10-8(11)7(15)3-6-2-1-5(4-16-6)9(12,13)14/h1-2,4,7-8H,3,15H2. The Hall–Kier alpha value is -1.24. The van der Waals surface area contributed by atoms with Crippen LogP contribution in [0.2, 0.25) is 0 Å². The van der Waals surface area contributed by atoms with Gasteiger partial charge in [-0.25, -0.2) is 8.78 Å². The maximum atomic E-state index is 12.1. The molecule has 0 aromatic carbocycles. The highest BCUT2D eigenvalue weighted by atomic mass is 19.4. The number of halogens is 5. The Morgan fingerprint density at radius 1 is 1.25 bits per heavy atom. The molecule has 0 bridgehead atoms. The normalized spacial score (nSPS) is 14.2. The molecular formula is C9H9F5N2. The van der Waals surface area contributed by atoms with Crippen LogP contribution >= 0.6 is 0 Å². The lowest BCUT2D eigenvalue weighted by Crippen LogP contribution is -2.31. The van der Waals surface area contributed by atoms with Gasteiger partial charge in [-0.3, -0.25) is 4.98 Å². The highest BCUT2D eigenvalue weighted by Gasteiger charge is 2.30. The van der Waals surface area contributed by atoms with Crippen LogP contribution in [-0.2, 0) is 12.6 Å². The molecule has 0 amide bonds. The zero-order valence-corrected chi connectivity index (χ0v) is 8.01. The number of aromatic nitrogens is 1. The second-order valence-electron chi connectivity index (χ2n) is 3.24. The first-order chi connectivity index (χ1) is 7.30. The Bertz CT molecular complexity index is 333. The van der Waals surface area contributed by atoms with E-state index in [1.165, 1.54) is 0 Å². The van der Waals surface area contributed by atoms with E-state index in [0.717, 1.165) is 12.1 Å². The number of alkyl halides is 5. The third-order valence-corrected chi connectivity index (χ3v) is 1.92. The summed E-state index contributed by atoms with van der Waals surface area (Å²) in [6.45, 7) is 0. The first-order valence-electron chi connectivity index (χ1n) is 4.36. The molecule has 0 aliphatic carbocycles. The van der Waals surface area contributed by atoms with E-state index in [9.17, 15) is 22.0 Å². The summed E-state index contributed by atoms with van der Waals surface area (Å²) in [5.74, 6) is 0. The van der Waals surface area contributed by atoms with Gasteiger partial charge in [-0.05, 0) is 12.1 Å². The molecule has 1 unspecified atom stereocenters. The van der Waals surface area contributed by atoms with Crippen molar-refractivity contribution in [3.8, 4) is 0 Å². The van der Waals surface area contributed by atoms with Crippen molar-refractivity contribution in [3.05, 3.63) is 29.6 Å². The SMILES string of the molecule is NC(Cc1ccc(C(F)(F)F)cn1)C(F)F. The van der Waals surface area contributed by atoms with E-state index in [-0.39, 0.29) is 12.1 Å². The molecule has 7 heteroatoms. The molecule has 16 heavy (non-hydrogen) atoms. The average molecular weight is 240 g/mol. The summed E-state index contributed by atoms with van der Waals surface area (Å²) >= 11 is 0. The van der Waals surface area contributed by atoms with Gasteiger partial charge >= 0.3 is 6.18 Å². The lowest BCUT2D eigenvalue weighted by atomic mass is 10.1. The van der Waals surface area contributed by atoms with Crippen LogP contribution in [0.25, 0.3) is 0 Å². The molecule has 0 spiro atoms. The fraction of sp³-hybridized carbons (Fsp3) is 0.444. The van der Waals surface area contributed by atoms with Crippen molar-refractivity contribution in [1.29, 1.82) is 0 Å². The van der Waals surface area contributed by atoms with E-state index in [1.807, 2.05) is 0 Å². The molecule has 0 saturated carbocycles. The Morgan fingerprint density at radius 3 is 2.25 bits per heavy atom. The molecule has 0 fully saturated rings. The third kappa shape index (κ3) is 3.41. The molecule has 0 aliphatic heterocycles. The Morgan fingerprint density at radius 2 is 1.88 bits per heavy atom. The molecule has 90 valence electrons. The molecule has 2 nitrogen and oxygen atoms in total. The molecular weight excluding hydrogens is 231 g/mol. The van der Waals surface area contributed by atoms with Crippen molar-refractivity contribution >= 4 is 0 Å². The van der Waals surface area contributed by atoms with E-state index in [4.69, 9.17) is 5.73 Å². The minimum Gasteiger partial charge on any atom is -0.323 e. The smallest absolute Gasteiger partial charge is 0.323 e. The number of hydrogen-bond acceptors (Lipinski definition) is 2. The molecule has 1 aromatic heterocycles. The Balaban J connectivity index is 2.72. The summed E-state index contributed by atoms with van der Waals surface area (Å²) in [7, 11) is 0. The van der Waals surface area contributed by atoms with Crippen LogP contribution in [0.3, 0.4) is 0 Å². The van der Waals surface area contributed by atoms with Crippen LogP contribution in [0.5, 0.6) is 0 Å². The van der Waals surface area contributed by atoms with Gasteiger partial charge in [0.25, 0.3) is 6.43 Å². The van der Waals surface area contributed by atoms with Gasteiger partial charge in [-0.1, -0.05) is 0 Å². The Kier molecular flexibility index (Phi) is 3.79. The first-order valence-corrected chi connectivity index (χ1v) is 4.36. The molecule has 1 rings (SSSR count). The van der Waals surface area contributed by atoms with Gasteiger partial charge < -0.3 is 5.73 Å². The topological polar surface area (TPSA) is 38.9 Å². The zero-order chi connectivity index (χ0) is 12.3. The van der Waals surface area contributed by atoms with Crippen molar-refractivity contribution < 1.29 is 22.0 Å². The van der Waals surface area contributed by atoms with Gasteiger partial charge in [0, 0.05) is 18.3 Å². The van der Waals surface area contributed by atoms with Gasteiger partial charge in [-0.15, -0.1) is 0 Å². The van der Waals surface area contributed by atoms with E-state index < -0.39 is 24.2 Å². The van der Waals surface area contributed by atoms with Crippen molar-refractivity contribution in [2.45, 2.75) is 25.1 Å². The van der Waals surface area contributed by atoms with Gasteiger partial charge in [0.1, 0.15) is 0 Å². The largest absolute Gasteiger partial charge is 0.417 e. The summed E-state index contributed by atoms with van der Waals surface area (Å²) in [5.41, 5.74) is 4.26. The van der Waals surface area contributed by atoms with Crippen LogP contribution in [0.1, 0.15) is 11.3 Å². The van der Waals surface area contributed by atoms with Gasteiger partial charge in [0.15, 0.2) is 0 Å². The Labute approximate surface area is 88.3 Å². The number of hydrogen-bond donors (Lipinski definition) is 1. The summed E-state index contributed by atoms with van der Waals surface area (Å²) in [6.07, 6.45) is -6.84. The molecule has 0 aliphatic rings. The minimum absolute atomic E-state index is 0.112. The molecule has 1 atom stereocenters. The number of pyridine rings is 1. The van der Waals surface area contributed by atoms with E-state index in [2.05, 4.69) is 4.98 Å². The van der Waals surface area contributed by atoms with Crippen molar-refractivity contribution in [1.82, 2.24) is 4.98 Å². The van der Waals surface area contributed by atoms with Crippen LogP contribution in [0.15, 0.2) is 18.3 Å². The molecule has 1 aromatic rings. The van der Waals surface area contributed by atoms with E-state index in [0.29, 0.717) is 6.20 Å². The monoisotopic (exact) mass is 240 g/mol. The maximum absolute atomic E-state index is 12.1. The van der Waals surface area contributed by atoms with Gasteiger partial charge in [0.05, 0.1) is 11.6 Å². The van der Waals surface area contributed by atoms with Crippen molar-refractivity contribution in [2.75, 3.05) is 0 Å². The minimum atomic E-state index is -4.48. The van der Waals surface area contributed by atoms with Crippen LogP contribution < -0.4 is 5.73 Å². The molecule has 1 heterocycles. The predicted molar refractivity (Wildman–Crippen MR) is 46.9 cm³/mol. The number of nitrogens with two attached hydrogens (primary N) is 1. The number of rotatable bonds is 3. The van der Waals surface area contributed by atoms with Gasteiger partial charge in [0.2, 0.25) is 0 Å². The predicted octanol–water partition coefficient (Wildman–Crippen LogP) is 2.24. The molecule has 0 radical (unpaired) electrons.